The molecule has 5 heteroatoms. The standard InChI is InChI=1S/C12H14BrN3.ClH/c1-8-12(13)9(2)16(15-8)7-10-4-3-5-11(14)6-10;/h3-6H,7,14H2,1-2H3;1H. The van der Waals surface area contributed by atoms with Crippen LogP contribution in [0.2, 0.25) is 0 Å². The lowest BCUT2D eigenvalue weighted by Gasteiger charge is -2.05. The van der Waals surface area contributed by atoms with Crippen molar-refractivity contribution in [1.82, 2.24) is 9.78 Å². The molecule has 1 aromatic carbocycles. The van der Waals surface area contributed by atoms with Crippen molar-refractivity contribution in [1.29, 1.82) is 0 Å². The zero-order valence-corrected chi connectivity index (χ0v) is 12.2. The van der Waals surface area contributed by atoms with Gasteiger partial charge in [0, 0.05) is 5.69 Å². The lowest BCUT2D eigenvalue weighted by molar-refractivity contribution is 0.659. The van der Waals surface area contributed by atoms with Crippen LogP contribution >= 0.6 is 28.3 Å². The number of nitrogens with two attached hydrogens (primary N) is 1. The van der Waals surface area contributed by atoms with E-state index in [2.05, 4.69) is 34.0 Å². The van der Waals surface area contributed by atoms with E-state index < -0.39 is 0 Å². The van der Waals surface area contributed by atoms with Crippen molar-refractivity contribution >= 4 is 34.0 Å². The van der Waals surface area contributed by atoms with Crippen LogP contribution in [0.1, 0.15) is 17.0 Å². The van der Waals surface area contributed by atoms with Crippen molar-refractivity contribution in [3.63, 3.8) is 0 Å². The molecule has 0 saturated heterocycles. The van der Waals surface area contributed by atoms with E-state index in [1.165, 1.54) is 0 Å². The summed E-state index contributed by atoms with van der Waals surface area (Å²) in [7, 11) is 0. The van der Waals surface area contributed by atoms with Crippen LogP contribution in [0.5, 0.6) is 0 Å². The van der Waals surface area contributed by atoms with Crippen molar-refractivity contribution in [2.45, 2.75) is 20.4 Å². The summed E-state index contributed by atoms with van der Waals surface area (Å²) in [4.78, 5) is 0. The molecule has 2 rings (SSSR count). The summed E-state index contributed by atoms with van der Waals surface area (Å²) in [5, 5.41) is 4.46. The molecule has 0 amide bonds. The lowest BCUT2D eigenvalue weighted by atomic mass is 10.2. The molecule has 2 aromatic rings. The number of hydrogen-bond donors (Lipinski definition) is 1. The molecule has 0 bridgehead atoms. The highest BCUT2D eigenvalue weighted by atomic mass is 79.9. The smallest absolute Gasteiger partial charge is 0.0738 e. The summed E-state index contributed by atoms with van der Waals surface area (Å²) < 4.78 is 3.06. The summed E-state index contributed by atoms with van der Waals surface area (Å²) in [6, 6.07) is 7.89. The van der Waals surface area contributed by atoms with Crippen LogP contribution in [0.4, 0.5) is 5.69 Å². The van der Waals surface area contributed by atoms with Gasteiger partial charge >= 0.3 is 0 Å². The minimum Gasteiger partial charge on any atom is -0.399 e. The van der Waals surface area contributed by atoms with Gasteiger partial charge in [-0.1, -0.05) is 12.1 Å². The zero-order valence-electron chi connectivity index (χ0n) is 9.77. The predicted molar refractivity (Wildman–Crippen MR) is 76.6 cm³/mol. The Morgan fingerprint density at radius 3 is 2.59 bits per heavy atom. The van der Waals surface area contributed by atoms with Gasteiger partial charge in [-0.2, -0.15) is 5.10 Å². The Hall–Kier alpha value is -1.00. The quantitative estimate of drug-likeness (QED) is 0.864. The minimum absolute atomic E-state index is 0. The number of hydrogen-bond acceptors (Lipinski definition) is 2. The summed E-state index contributed by atoms with van der Waals surface area (Å²) in [6.45, 7) is 4.80. The van der Waals surface area contributed by atoms with Crippen molar-refractivity contribution < 1.29 is 0 Å². The molecule has 0 aliphatic heterocycles. The molecule has 0 fully saturated rings. The Morgan fingerprint density at radius 1 is 1.35 bits per heavy atom. The third kappa shape index (κ3) is 3.01. The molecular formula is C12H15BrClN3. The van der Waals surface area contributed by atoms with E-state index in [0.29, 0.717) is 0 Å². The van der Waals surface area contributed by atoms with Gasteiger partial charge in [0.1, 0.15) is 0 Å². The van der Waals surface area contributed by atoms with Crippen LogP contribution in [0.3, 0.4) is 0 Å². The van der Waals surface area contributed by atoms with E-state index in [9.17, 15) is 0 Å². The first kappa shape index (κ1) is 14.1. The van der Waals surface area contributed by atoms with Crippen molar-refractivity contribution in [2.75, 3.05) is 5.73 Å². The molecule has 0 spiro atoms. The number of rotatable bonds is 2. The normalized spacial score (nSPS) is 10.1. The van der Waals surface area contributed by atoms with Crippen molar-refractivity contribution in [2.24, 2.45) is 0 Å². The topological polar surface area (TPSA) is 43.8 Å². The minimum atomic E-state index is 0. The number of nitrogen functional groups attached to an aromatic ring is 1. The highest BCUT2D eigenvalue weighted by Crippen LogP contribution is 2.20. The van der Waals surface area contributed by atoms with Crippen LogP contribution in [0.15, 0.2) is 28.7 Å². The van der Waals surface area contributed by atoms with E-state index >= 15 is 0 Å². The first-order valence-electron chi connectivity index (χ1n) is 5.12. The molecule has 3 nitrogen and oxygen atoms in total. The van der Waals surface area contributed by atoms with Crippen LogP contribution in [-0.4, -0.2) is 9.78 Å². The van der Waals surface area contributed by atoms with Crippen LogP contribution in [0.25, 0.3) is 0 Å². The highest BCUT2D eigenvalue weighted by Gasteiger charge is 2.08. The molecule has 0 aliphatic carbocycles. The Kier molecular flexibility index (Phi) is 4.60. The van der Waals surface area contributed by atoms with Gasteiger partial charge in [-0.25, -0.2) is 0 Å². The highest BCUT2D eigenvalue weighted by molar-refractivity contribution is 9.10. The Morgan fingerprint density at radius 2 is 2.06 bits per heavy atom. The number of nitrogens with zero attached hydrogens (tertiary/aromatic N) is 2. The van der Waals surface area contributed by atoms with Gasteiger partial charge < -0.3 is 5.73 Å². The maximum atomic E-state index is 5.75. The van der Waals surface area contributed by atoms with E-state index in [-0.39, 0.29) is 12.4 Å². The molecule has 0 aliphatic rings. The average molecular weight is 317 g/mol. The zero-order chi connectivity index (χ0) is 11.7. The van der Waals surface area contributed by atoms with E-state index in [1.54, 1.807) is 0 Å². The van der Waals surface area contributed by atoms with Crippen molar-refractivity contribution in [3.05, 3.63) is 45.7 Å². The number of aromatic nitrogens is 2. The molecular weight excluding hydrogens is 302 g/mol. The maximum Gasteiger partial charge on any atom is 0.0738 e. The van der Waals surface area contributed by atoms with Gasteiger partial charge in [0.05, 0.1) is 22.4 Å². The van der Waals surface area contributed by atoms with Gasteiger partial charge in [0.2, 0.25) is 0 Å². The summed E-state index contributed by atoms with van der Waals surface area (Å²) in [5.41, 5.74) is 9.86. The van der Waals surface area contributed by atoms with E-state index in [0.717, 1.165) is 33.7 Å². The van der Waals surface area contributed by atoms with Gasteiger partial charge in [-0.3, -0.25) is 4.68 Å². The Labute approximate surface area is 116 Å². The largest absolute Gasteiger partial charge is 0.399 e. The molecule has 0 unspecified atom stereocenters. The molecule has 2 N–H and O–H groups in total. The number of aryl methyl sites for hydroxylation is 1. The fourth-order valence-corrected chi connectivity index (χ4v) is 1.98. The van der Waals surface area contributed by atoms with Gasteiger partial charge in [-0.15, -0.1) is 12.4 Å². The first-order chi connectivity index (χ1) is 7.58. The summed E-state index contributed by atoms with van der Waals surface area (Å²) in [5.74, 6) is 0. The molecule has 0 atom stereocenters. The third-order valence-electron chi connectivity index (χ3n) is 2.58. The van der Waals surface area contributed by atoms with Gasteiger partial charge in [0.15, 0.2) is 0 Å². The molecule has 1 heterocycles. The second-order valence-electron chi connectivity index (χ2n) is 3.89. The molecule has 0 saturated carbocycles. The summed E-state index contributed by atoms with van der Waals surface area (Å²) >= 11 is 3.52. The predicted octanol–water partition coefficient (Wildman–Crippen LogP) is 3.31. The van der Waals surface area contributed by atoms with Gasteiger partial charge in [-0.05, 0) is 47.5 Å². The second kappa shape index (κ2) is 5.56. The number of halogens is 2. The number of benzene rings is 1. The average Bonchev–Trinajstić information content (AvgIpc) is 2.47. The Bertz CT molecular complexity index is 522. The van der Waals surface area contributed by atoms with E-state index in [4.69, 9.17) is 5.73 Å². The van der Waals surface area contributed by atoms with Crippen LogP contribution in [-0.2, 0) is 6.54 Å². The fourth-order valence-electron chi connectivity index (χ4n) is 1.69. The SMILES string of the molecule is Cc1nn(Cc2cccc(N)c2)c(C)c1Br.Cl. The van der Waals surface area contributed by atoms with Crippen LogP contribution < -0.4 is 5.73 Å². The molecule has 17 heavy (non-hydrogen) atoms. The molecule has 1 aromatic heterocycles. The first-order valence-corrected chi connectivity index (χ1v) is 5.91. The molecule has 92 valence electrons. The fraction of sp³-hybridized carbons (Fsp3) is 0.250. The lowest BCUT2D eigenvalue weighted by Crippen LogP contribution is -2.04. The molecule has 0 radical (unpaired) electrons. The Balaban J connectivity index is 0.00000144. The monoisotopic (exact) mass is 315 g/mol. The van der Waals surface area contributed by atoms with Crippen LogP contribution in [0, 0.1) is 13.8 Å². The maximum absolute atomic E-state index is 5.75. The summed E-state index contributed by atoms with van der Waals surface area (Å²) in [6.07, 6.45) is 0. The van der Waals surface area contributed by atoms with Gasteiger partial charge in [0.25, 0.3) is 0 Å². The van der Waals surface area contributed by atoms with Crippen molar-refractivity contribution in [3.8, 4) is 0 Å². The second-order valence-corrected chi connectivity index (χ2v) is 4.68. The van der Waals surface area contributed by atoms with E-state index in [1.807, 2.05) is 29.8 Å². The third-order valence-corrected chi connectivity index (χ3v) is 3.72. The number of anilines is 1.